The first-order valence-corrected chi connectivity index (χ1v) is 10.9. The predicted octanol–water partition coefficient (Wildman–Crippen LogP) is 2.77. The maximum Gasteiger partial charge on any atom is 0.225 e. The van der Waals surface area contributed by atoms with Crippen LogP contribution in [0.4, 0.5) is 0 Å². The number of carbonyl (C=O) groups excluding carboxylic acids is 2. The van der Waals surface area contributed by atoms with E-state index in [1.165, 1.54) is 36.9 Å². The zero-order valence-electron chi connectivity index (χ0n) is 17.5. The zero-order valence-corrected chi connectivity index (χ0v) is 17.5. The number of nitrogens with one attached hydrogen (secondary N) is 1. The Balaban J connectivity index is 1.35. The van der Waals surface area contributed by atoms with Crippen LogP contribution in [-0.2, 0) is 16.0 Å². The van der Waals surface area contributed by atoms with E-state index in [9.17, 15) is 9.59 Å². The first-order chi connectivity index (χ1) is 13.5. The van der Waals surface area contributed by atoms with Crippen LogP contribution in [-0.4, -0.2) is 60.4 Å². The van der Waals surface area contributed by atoms with Crippen molar-refractivity contribution in [2.45, 2.75) is 58.4 Å². The summed E-state index contributed by atoms with van der Waals surface area (Å²) in [5, 5.41) is 3.06. The smallest absolute Gasteiger partial charge is 0.225 e. The molecule has 2 heterocycles. The normalized spacial score (nSPS) is 23.2. The molecule has 0 unspecified atom stereocenters. The summed E-state index contributed by atoms with van der Waals surface area (Å²) < 4.78 is 0. The van der Waals surface area contributed by atoms with Crippen molar-refractivity contribution in [3.8, 4) is 0 Å². The maximum atomic E-state index is 12.5. The van der Waals surface area contributed by atoms with Crippen molar-refractivity contribution >= 4 is 11.8 Å². The van der Waals surface area contributed by atoms with Crippen molar-refractivity contribution in [2.24, 2.45) is 5.92 Å². The molecule has 0 spiro atoms. The van der Waals surface area contributed by atoms with Gasteiger partial charge in [0.15, 0.2) is 0 Å². The van der Waals surface area contributed by atoms with Crippen LogP contribution in [0.3, 0.4) is 0 Å². The van der Waals surface area contributed by atoms with Crippen molar-refractivity contribution in [2.75, 3.05) is 32.7 Å². The Morgan fingerprint density at radius 2 is 1.96 bits per heavy atom. The zero-order chi connectivity index (χ0) is 19.9. The summed E-state index contributed by atoms with van der Waals surface area (Å²) in [4.78, 5) is 29.1. The largest absolute Gasteiger partial charge is 0.356 e. The summed E-state index contributed by atoms with van der Waals surface area (Å²) in [6, 6.07) is 9.09. The molecule has 0 aliphatic carbocycles. The Labute approximate surface area is 169 Å². The standard InChI is InChI=1S/C23H35N3O2/c1-18-7-9-20(10-8-18)11-15-26-17-21(16-22(26)27)23(28)24-12-5-14-25-13-4-3-6-19(25)2/h7-10,19,21H,3-6,11-17H2,1-2H3,(H,24,28)/t19-,21-/m0/s1. The van der Waals surface area contributed by atoms with Gasteiger partial charge >= 0.3 is 0 Å². The molecule has 5 heteroatoms. The van der Waals surface area contributed by atoms with Gasteiger partial charge in [-0.05, 0) is 51.6 Å². The Kier molecular flexibility index (Phi) is 7.49. The molecule has 2 atom stereocenters. The minimum absolute atomic E-state index is 0.0397. The summed E-state index contributed by atoms with van der Waals surface area (Å²) >= 11 is 0. The predicted molar refractivity (Wildman–Crippen MR) is 112 cm³/mol. The third-order valence-electron chi connectivity index (χ3n) is 6.24. The van der Waals surface area contributed by atoms with Crippen molar-refractivity contribution in [1.82, 2.24) is 15.1 Å². The fourth-order valence-electron chi connectivity index (χ4n) is 4.31. The van der Waals surface area contributed by atoms with Crippen LogP contribution in [0.2, 0.25) is 0 Å². The van der Waals surface area contributed by atoms with Gasteiger partial charge in [0, 0.05) is 38.6 Å². The minimum atomic E-state index is -0.195. The lowest BCUT2D eigenvalue weighted by molar-refractivity contribution is -0.129. The first kappa shape index (κ1) is 20.8. The Hall–Kier alpha value is -1.88. The van der Waals surface area contributed by atoms with Gasteiger partial charge in [0.05, 0.1) is 5.92 Å². The summed E-state index contributed by atoms with van der Waals surface area (Å²) in [7, 11) is 0. The van der Waals surface area contributed by atoms with Crippen LogP contribution in [0.1, 0.15) is 50.2 Å². The molecule has 154 valence electrons. The van der Waals surface area contributed by atoms with Crippen LogP contribution in [0.5, 0.6) is 0 Å². The Bertz CT molecular complexity index is 658. The minimum Gasteiger partial charge on any atom is -0.356 e. The molecule has 2 amide bonds. The van der Waals surface area contributed by atoms with E-state index in [1.807, 2.05) is 4.90 Å². The third kappa shape index (κ3) is 5.81. The Morgan fingerprint density at radius 1 is 1.18 bits per heavy atom. The van der Waals surface area contributed by atoms with Gasteiger partial charge in [-0.3, -0.25) is 9.59 Å². The van der Waals surface area contributed by atoms with Crippen molar-refractivity contribution < 1.29 is 9.59 Å². The number of benzene rings is 1. The van der Waals surface area contributed by atoms with Gasteiger partial charge in [-0.2, -0.15) is 0 Å². The van der Waals surface area contributed by atoms with Gasteiger partial charge in [0.25, 0.3) is 0 Å². The molecular formula is C23H35N3O2. The molecule has 1 N–H and O–H groups in total. The first-order valence-electron chi connectivity index (χ1n) is 10.9. The van der Waals surface area contributed by atoms with Crippen molar-refractivity contribution in [3.05, 3.63) is 35.4 Å². The van der Waals surface area contributed by atoms with E-state index in [-0.39, 0.29) is 17.7 Å². The number of carbonyl (C=O) groups is 2. The van der Waals surface area contributed by atoms with Gasteiger partial charge in [0.1, 0.15) is 0 Å². The van der Waals surface area contributed by atoms with Crippen molar-refractivity contribution in [1.29, 1.82) is 0 Å². The monoisotopic (exact) mass is 385 g/mol. The summed E-state index contributed by atoms with van der Waals surface area (Å²) in [5.41, 5.74) is 2.48. The van der Waals surface area contributed by atoms with E-state index >= 15 is 0 Å². The van der Waals surface area contributed by atoms with Gasteiger partial charge in [-0.25, -0.2) is 0 Å². The average molecular weight is 386 g/mol. The number of nitrogens with zero attached hydrogens (tertiary/aromatic N) is 2. The highest BCUT2D eigenvalue weighted by molar-refractivity contribution is 5.89. The molecule has 0 bridgehead atoms. The number of likely N-dealkylation sites (tertiary alicyclic amines) is 2. The molecule has 2 aliphatic rings. The van der Waals surface area contributed by atoms with E-state index in [1.54, 1.807) is 0 Å². The number of aryl methyl sites for hydroxylation is 1. The summed E-state index contributed by atoms with van der Waals surface area (Å²) in [6.07, 6.45) is 6.09. The summed E-state index contributed by atoms with van der Waals surface area (Å²) in [5.74, 6) is -0.0493. The molecule has 3 rings (SSSR count). The molecule has 0 aromatic heterocycles. The van der Waals surface area contributed by atoms with Crippen LogP contribution >= 0.6 is 0 Å². The van der Waals surface area contributed by atoms with Gasteiger partial charge in [-0.1, -0.05) is 36.2 Å². The maximum absolute atomic E-state index is 12.5. The lowest BCUT2D eigenvalue weighted by atomic mass is 10.0. The molecule has 1 aromatic carbocycles. The van der Waals surface area contributed by atoms with E-state index < -0.39 is 0 Å². The van der Waals surface area contributed by atoms with Gasteiger partial charge in [-0.15, -0.1) is 0 Å². The highest BCUT2D eigenvalue weighted by atomic mass is 16.2. The number of amides is 2. The third-order valence-corrected chi connectivity index (χ3v) is 6.24. The number of hydrogen-bond acceptors (Lipinski definition) is 3. The second-order valence-electron chi connectivity index (χ2n) is 8.50. The Morgan fingerprint density at radius 3 is 2.71 bits per heavy atom. The average Bonchev–Trinajstić information content (AvgIpc) is 3.07. The van der Waals surface area contributed by atoms with E-state index in [0.29, 0.717) is 32.1 Å². The van der Waals surface area contributed by atoms with E-state index in [0.717, 1.165) is 19.4 Å². The van der Waals surface area contributed by atoms with E-state index in [2.05, 4.69) is 48.3 Å². The molecule has 2 aliphatic heterocycles. The fourth-order valence-corrected chi connectivity index (χ4v) is 4.31. The van der Waals surface area contributed by atoms with E-state index in [4.69, 9.17) is 0 Å². The van der Waals surface area contributed by atoms with Crippen LogP contribution < -0.4 is 5.32 Å². The molecule has 1 aromatic rings. The van der Waals surface area contributed by atoms with Crippen LogP contribution in [0.25, 0.3) is 0 Å². The molecule has 2 saturated heterocycles. The van der Waals surface area contributed by atoms with Gasteiger partial charge < -0.3 is 15.1 Å². The molecular weight excluding hydrogens is 350 g/mol. The second-order valence-corrected chi connectivity index (χ2v) is 8.50. The number of piperidine rings is 1. The quantitative estimate of drug-likeness (QED) is 0.700. The molecule has 0 radical (unpaired) electrons. The molecule has 2 fully saturated rings. The second kappa shape index (κ2) is 10.1. The van der Waals surface area contributed by atoms with Crippen LogP contribution in [0, 0.1) is 12.8 Å². The van der Waals surface area contributed by atoms with Gasteiger partial charge in [0.2, 0.25) is 11.8 Å². The molecule has 28 heavy (non-hydrogen) atoms. The lowest BCUT2D eigenvalue weighted by Gasteiger charge is -2.33. The highest BCUT2D eigenvalue weighted by Gasteiger charge is 2.33. The fraction of sp³-hybridized carbons (Fsp3) is 0.652. The van der Waals surface area contributed by atoms with Crippen LogP contribution in [0.15, 0.2) is 24.3 Å². The number of rotatable bonds is 8. The molecule has 5 nitrogen and oxygen atoms in total. The lowest BCUT2D eigenvalue weighted by Crippen LogP contribution is -2.40. The SMILES string of the molecule is Cc1ccc(CCN2C[C@@H](C(=O)NCCCN3CCCC[C@@H]3C)CC2=O)cc1. The molecule has 0 saturated carbocycles. The topological polar surface area (TPSA) is 52.7 Å². The number of hydrogen-bond donors (Lipinski definition) is 1. The van der Waals surface area contributed by atoms with Crippen molar-refractivity contribution in [3.63, 3.8) is 0 Å². The summed E-state index contributed by atoms with van der Waals surface area (Å²) in [6.45, 7) is 8.56. The highest BCUT2D eigenvalue weighted by Crippen LogP contribution is 2.19.